The minimum atomic E-state index is -1.29. The lowest BCUT2D eigenvalue weighted by atomic mass is 9.95. The van der Waals surface area contributed by atoms with E-state index in [1.165, 1.54) is 19.3 Å². The van der Waals surface area contributed by atoms with Gasteiger partial charge in [0.1, 0.15) is 30.2 Å². The second kappa shape index (κ2) is 30.6. The maximum atomic E-state index is 10.5. The molecule has 1 aliphatic rings. The Hall–Kier alpha value is -4.20. The molecule has 0 aliphatic heterocycles. The van der Waals surface area contributed by atoms with E-state index in [1.54, 1.807) is 20.8 Å². The number of carboxylic acids is 6. The highest BCUT2D eigenvalue weighted by atomic mass is 16.4. The molecule has 0 unspecified atom stereocenters. The van der Waals surface area contributed by atoms with Crippen molar-refractivity contribution in [1.82, 2.24) is 5.32 Å². The van der Waals surface area contributed by atoms with Crippen LogP contribution in [-0.2, 0) is 35.2 Å². The molecular formula is C33H60N6O12. The Morgan fingerprint density at radius 1 is 0.686 bits per heavy atom. The molecule has 2 rings (SSSR count). The average molecular weight is 733 g/mol. The lowest BCUT2D eigenvalue weighted by Gasteiger charge is -2.24. The zero-order valence-electron chi connectivity index (χ0n) is 29.7. The Bertz CT molecular complexity index is 1140. The quantitative estimate of drug-likeness (QED) is 0.103. The summed E-state index contributed by atoms with van der Waals surface area (Å²) in [7, 11) is 0. The van der Waals surface area contributed by atoms with Crippen LogP contribution in [0.2, 0.25) is 0 Å². The van der Waals surface area contributed by atoms with Gasteiger partial charge in [0.25, 0.3) is 0 Å². The maximum Gasteiger partial charge on any atom is 0.321 e. The highest BCUT2D eigenvalue weighted by Crippen LogP contribution is 2.17. The fourth-order valence-electron chi connectivity index (χ4n) is 3.84. The SMILES string of the molecule is CC(C)[C@H](N)C(=O)O.C[C@H](NC1CCCCC1)C(=O)O.NCCCC[C@H](N)C(=O)O.N[C@@H](CC(=O)O)C(=O)O.N[C@@H](Cc1ccccc1)C(=O)O. The first-order chi connectivity index (χ1) is 23.7. The fourth-order valence-corrected chi connectivity index (χ4v) is 3.84. The van der Waals surface area contributed by atoms with Crippen LogP contribution in [0.25, 0.3) is 0 Å². The Kier molecular flexibility index (Phi) is 30.7. The van der Waals surface area contributed by atoms with Gasteiger partial charge in [-0.2, -0.15) is 0 Å². The topological polar surface area (TPSA) is 366 Å². The van der Waals surface area contributed by atoms with Gasteiger partial charge in [0, 0.05) is 6.04 Å². The van der Waals surface area contributed by atoms with Gasteiger partial charge in [0.15, 0.2) is 0 Å². The number of aliphatic carboxylic acids is 6. The minimum Gasteiger partial charge on any atom is -0.481 e. The Balaban J connectivity index is -0.000000570. The van der Waals surface area contributed by atoms with Crippen LogP contribution in [0.15, 0.2) is 30.3 Å². The summed E-state index contributed by atoms with van der Waals surface area (Å²) in [4.78, 5) is 60.7. The van der Waals surface area contributed by atoms with Gasteiger partial charge in [0.05, 0.1) is 6.42 Å². The van der Waals surface area contributed by atoms with Crippen molar-refractivity contribution in [3.05, 3.63) is 35.9 Å². The molecule has 0 bridgehead atoms. The number of nitrogens with one attached hydrogen (secondary N) is 1. The van der Waals surface area contributed by atoms with Gasteiger partial charge in [-0.3, -0.25) is 28.8 Å². The van der Waals surface area contributed by atoms with Crippen LogP contribution in [0.3, 0.4) is 0 Å². The highest BCUT2D eigenvalue weighted by molar-refractivity contribution is 5.80. The van der Waals surface area contributed by atoms with Crippen molar-refractivity contribution in [1.29, 1.82) is 0 Å². The Labute approximate surface area is 298 Å². The lowest BCUT2D eigenvalue weighted by Crippen LogP contribution is -2.42. The van der Waals surface area contributed by atoms with Gasteiger partial charge in [-0.1, -0.05) is 69.9 Å². The zero-order valence-corrected chi connectivity index (χ0v) is 29.7. The third-order valence-corrected chi connectivity index (χ3v) is 7.08. The molecule has 0 saturated heterocycles. The van der Waals surface area contributed by atoms with E-state index in [0.717, 1.165) is 31.2 Å². The van der Waals surface area contributed by atoms with E-state index in [0.29, 0.717) is 25.4 Å². The number of rotatable bonds is 16. The number of unbranched alkanes of at least 4 members (excludes halogenated alkanes) is 1. The van der Waals surface area contributed by atoms with Crippen molar-refractivity contribution < 1.29 is 59.4 Å². The summed E-state index contributed by atoms with van der Waals surface area (Å²) in [5, 5.41) is 52.9. The molecule has 0 heterocycles. The average Bonchev–Trinajstić information content (AvgIpc) is 3.06. The molecule has 1 aliphatic carbocycles. The zero-order chi connectivity index (χ0) is 40.1. The van der Waals surface area contributed by atoms with Crippen LogP contribution in [-0.4, -0.2) is 109 Å². The maximum absolute atomic E-state index is 10.5. The van der Waals surface area contributed by atoms with Gasteiger partial charge in [0.2, 0.25) is 0 Å². The molecule has 1 fully saturated rings. The summed E-state index contributed by atoms with van der Waals surface area (Å²) in [6, 6.07) is 5.87. The number of carboxylic acid groups (broad SMARTS) is 6. The first kappa shape index (κ1) is 51.2. The smallest absolute Gasteiger partial charge is 0.321 e. The first-order valence-electron chi connectivity index (χ1n) is 16.6. The molecule has 0 spiro atoms. The van der Waals surface area contributed by atoms with Crippen LogP contribution in [0.4, 0.5) is 0 Å². The van der Waals surface area contributed by atoms with Crippen LogP contribution in [0.1, 0.15) is 84.1 Å². The van der Waals surface area contributed by atoms with E-state index in [-0.39, 0.29) is 5.92 Å². The highest BCUT2D eigenvalue weighted by Gasteiger charge is 2.19. The number of nitrogens with two attached hydrogens (primary N) is 5. The van der Waals surface area contributed by atoms with Crippen molar-refractivity contribution in [3.63, 3.8) is 0 Å². The number of hydrogen-bond donors (Lipinski definition) is 12. The van der Waals surface area contributed by atoms with E-state index < -0.39 is 72.4 Å². The van der Waals surface area contributed by atoms with Crippen molar-refractivity contribution >= 4 is 35.8 Å². The summed E-state index contributed by atoms with van der Waals surface area (Å²) < 4.78 is 0. The van der Waals surface area contributed by atoms with Gasteiger partial charge >= 0.3 is 35.8 Å². The molecule has 0 radical (unpaired) electrons. The molecule has 0 amide bonds. The lowest BCUT2D eigenvalue weighted by molar-refractivity contribution is -0.144. The molecule has 18 nitrogen and oxygen atoms in total. The summed E-state index contributed by atoms with van der Waals surface area (Å²) in [6.07, 6.45) is 8.08. The van der Waals surface area contributed by atoms with E-state index in [4.69, 9.17) is 59.3 Å². The van der Waals surface area contributed by atoms with Crippen molar-refractivity contribution in [2.24, 2.45) is 34.6 Å². The summed E-state index contributed by atoms with van der Waals surface area (Å²) in [5.41, 5.74) is 26.7. The molecule has 1 aromatic rings. The number of benzene rings is 1. The molecule has 1 saturated carbocycles. The summed E-state index contributed by atoms with van der Waals surface area (Å²) in [6.45, 7) is 5.86. The minimum absolute atomic E-state index is 0.0208. The third kappa shape index (κ3) is 31.5. The largest absolute Gasteiger partial charge is 0.481 e. The van der Waals surface area contributed by atoms with Crippen LogP contribution >= 0.6 is 0 Å². The predicted octanol–water partition coefficient (Wildman–Crippen LogP) is 0.477. The molecule has 1 aromatic carbocycles. The van der Waals surface area contributed by atoms with Gasteiger partial charge in [-0.15, -0.1) is 0 Å². The second-order valence-corrected chi connectivity index (χ2v) is 12.1. The molecule has 17 N–H and O–H groups in total. The monoisotopic (exact) mass is 732 g/mol. The number of hydrogen-bond acceptors (Lipinski definition) is 12. The van der Waals surface area contributed by atoms with E-state index in [9.17, 15) is 28.8 Å². The van der Waals surface area contributed by atoms with Crippen molar-refractivity contribution in [2.75, 3.05) is 6.54 Å². The van der Waals surface area contributed by atoms with Crippen LogP contribution < -0.4 is 34.0 Å². The second-order valence-electron chi connectivity index (χ2n) is 12.1. The summed E-state index contributed by atoms with van der Waals surface area (Å²) >= 11 is 0. The van der Waals surface area contributed by atoms with E-state index in [1.807, 2.05) is 30.3 Å². The molecule has 51 heavy (non-hydrogen) atoms. The van der Waals surface area contributed by atoms with Gasteiger partial charge < -0.3 is 64.6 Å². The van der Waals surface area contributed by atoms with Gasteiger partial charge in [-0.25, -0.2) is 0 Å². The standard InChI is InChI=1S/C9H17NO2.C9H11NO2.C6H14N2O2.C5H11NO2.C4H7NO4/c1-7(9(11)12)10-8-5-3-2-4-6-8;10-8(9(11)12)6-7-4-2-1-3-5-7;7-4-2-1-3-5(8)6(9)10;1-3(2)4(6)5(7)8;5-2(4(8)9)1-3(6)7/h7-8,10H,2-6H2,1H3,(H,11,12);1-5,8H,6,10H2,(H,11,12);5H,1-4,7-8H2,(H,9,10);3-4H,6H2,1-2H3,(H,7,8);2H,1,5H2,(H,6,7)(H,8,9)/t7-;8-;5-;4-;2-/m00000/s1. The number of carbonyl (C=O) groups is 6. The van der Waals surface area contributed by atoms with E-state index in [2.05, 4.69) is 5.32 Å². The molecule has 18 heteroatoms. The van der Waals surface area contributed by atoms with Crippen LogP contribution in [0.5, 0.6) is 0 Å². The molecule has 294 valence electrons. The van der Waals surface area contributed by atoms with Gasteiger partial charge in [-0.05, 0) is 57.1 Å². The molecule has 0 aromatic heterocycles. The summed E-state index contributed by atoms with van der Waals surface area (Å²) in [5.74, 6) is -6.05. The fraction of sp³-hybridized carbons (Fsp3) is 0.636. The normalized spacial score (nSPS) is 15.1. The molecule has 5 atom stereocenters. The van der Waals surface area contributed by atoms with Crippen molar-refractivity contribution in [3.8, 4) is 0 Å². The van der Waals surface area contributed by atoms with Crippen LogP contribution in [0, 0.1) is 5.92 Å². The Morgan fingerprint density at radius 2 is 1.18 bits per heavy atom. The van der Waals surface area contributed by atoms with Crippen molar-refractivity contribution in [2.45, 2.75) is 121 Å². The predicted molar refractivity (Wildman–Crippen MR) is 190 cm³/mol. The third-order valence-electron chi connectivity index (χ3n) is 7.08. The molecular weight excluding hydrogens is 672 g/mol. The Morgan fingerprint density at radius 3 is 1.51 bits per heavy atom. The van der Waals surface area contributed by atoms with E-state index >= 15 is 0 Å². The first-order valence-corrected chi connectivity index (χ1v) is 16.6.